The Balaban J connectivity index is 2.22. The lowest BCUT2D eigenvalue weighted by atomic mass is 10.0. The molecule has 0 bridgehead atoms. The second-order valence-corrected chi connectivity index (χ2v) is 4.50. The van der Waals surface area contributed by atoms with E-state index in [4.69, 9.17) is 0 Å². The van der Waals surface area contributed by atoms with E-state index < -0.39 is 6.10 Å². The molecule has 0 saturated carbocycles. The first-order valence-corrected chi connectivity index (χ1v) is 5.85. The largest absolute Gasteiger partial charge is 0.508 e. The number of aliphatic hydroxyl groups excluding tert-OH is 1. The number of piperidine rings is 1. The van der Waals surface area contributed by atoms with E-state index in [9.17, 15) is 15.0 Å². The summed E-state index contributed by atoms with van der Waals surface area (Å²) in [5.41, 5.74) is 1.11. The van der Waals surface area contributed by atoms with Gasteiger partial charge in [0.2, 0.25) is 0 Å². The van der Waals surface area contributed by atoms with Crippen LogP contribution in [-0.2, 0) is 0 Å². The smallest absolute Gasteiger partial charge is 0.254 e. The van der Waals surface area contributed by atoms with Crippen molar-refractivity contribution in [2.75, 3.05) is 13.1 Å². The maximum absolute atomic E-state index is 12.2. The van der Waals surface area contributed by atoms with Crippen molar-refractivity contribution in [3.05, 3.63) is 29.3 Å². The second-order valence-electron chi connectivity index (χ2n) is 4.50. The molecule has 0 radical (unpaired) electrons. The maximum Gasteiger partial charge on any atom is 0.254 e. The number of β-amino-alcohol motifs (C(OH)–C–C–N with tert-alkyl or cyclic N) is 1. The molecule has 92 valence electrons. The van der Waals surface area contributed by atoms with Crippen molar-refractivity contribution in [1.82, 2.24) is 4.90 Å². The standard InChI is InChI=1S/C13H17NO3/c1-9-11(5-2-6-12(9)16)13(17)14-7-3-4-10(15)8-14/h2,5-6,10,15-16H,3-4,7-8H2,1H3. The number of likely N-dealkylation sites (tertiary alicyclic amines) is 1. The highest BCUT2D eigenvalue weighted by molar-refractivity contribution is 5.96. The summed E-state index contributed by atoms with van der Waals surface area (Å²) >= 11 is 0. The van der Waals surface area contributed by atoms with Crippen LogP contribution in [0.5, 0.6) is 5.75 Å². The quantitative estimate of drug-likeness (QED) is 0.771. The molecule has 1 atom stereocenters. The molecule has 17 heavy (non-hydrogen) atoms. The Hall–Kier alpha value is -1.55. The fraction of sp³-hybridized carbons (Fsp3) is 0.462. The number of amides is 1. The van der Waals surface area contributed by atoms with E-state index in [2.05, 4.69) is 0 Å². The molecule has 1 aliphatic heterocycles. The lowest BCUT2D eigenvalue weighted by Crippen LogP contribution is -2.42. The molecule has 0 aromatic heterocycles. The highest BCUT2D eigenvalue weighted by Crippen LogP contribution is 2.22. The Morgan fingerprint density at radius 3 is 2.94 bits per heavy atom. The van der Waals surface area contributed by atoms with Crippen molar-refractivity contribution in [1.29, 1.82) is 0 Å². The number of aromatic hydroxyl groups is 1. The molecule has 1 amide bonds. The highest BCUT2D eigenvalue weighted by atomic mass is 16.3. The molecule has 0 aliphatic carbocycles. The summed E-state index contributed by atoms with van der Waals surface area (Å²) in [7, 11) is 0. The predicted molar refractivity (Wildman–Crippen MR) is 64.0 cm³/mol. The van der Waals surface area contributed by atoms with Crippen LogP contribution in [0.15, 0.2) is 18.2 Å². The Kier molecular flexibility index (Phi) is 3.33. The van der Waals surface area contributed by atoms with Crippen molar-refractivity contribution in [3.63, 3.8) is 0 Å². The minimum Gasteiger partial charge on any atom is -0.508 e. The van der Waals surface area contributed by atoms with Gasteiger partial charge in [0.15, 0.2) is 0 Å². The van der Waals surface area contributed by atoms with Crippen LogP contribution >= 0.6 is 0 Å². The topological polar surface area (TPSA) is 60.8 Å². The monoisotopic (exact) mass is 235 g/mol. The van der Waals surface area contributed by atoms with Crippen molar-refractivity contribution < 1.29 is 15.0 Å². The highest BCUT2D eigenvalue weighted by Gasteiger charge is 2.24. The molecule has 1 aliphatic rings. The molecule has 1 fully saturated rings. The van der Waals surface area contributed by atoms with Gasteiger partial charge in [0, 0.05) is 24.2 Å². The van der Waals surface area contributed by atoms with E-state index in [1.165, 1.54) is 0 Å². The van der Waals surface area contributed by atoms with Crippen molar-refractivity contribution >= 4 is 5.91 Å². The van der Waals surface area contributed by atoms with Crippen LogP contribution in [-0.4, -0.2) is 40.2 Å². The minimum atomic E-state index is -0.426. The van der Waals surface area contributed by atoms with Gasteiger partial charge < -0.3 is 15.1 Å². The van der Waals surface area contributed by atoms with Crippen LogP contribution in [0.4, 0.5) is 0 Å². The van der Waals surface area contributed by atoms with Crippen molar-refractivity contribution in [3.8, 4) is 5.75 Å². The number of rotatable bonds is 1. The molecule has 2 N–H and O–H groups in total. The zero-order chi connectivity index (χ0) is 12.4. The zero-order valence-electron chi connectivity index (χ0n) is 9.89. The number of aliphatic hydroxyl groups is 1. The number of hydrogen-bond donors (Lipinski definition) is 2. The summed E-state index contributed by atoms with van der Waals surface area (Å²) in [4.78, 5) is 13.9. The molecule has 1 heterocycles. The third-order valence-corrected chi connectivity index (χ3v) is 3.22. The van der Waals surface area contributed by atoms with Gasteiger partial charge >= 0.3 is 0 Å². The Labute approximate surface area is 100 Å². The summed E-state index contributed by atoms with van der Waals surface area (Å²) in [6.07, 6.45) is 1.15. The number of phenols is 1. The molecule has 1 unspecified atom stereocenters. The molecule has 4 heteroatoms. The molecule has 1 saturated heterocycles. The summed E-state index contributed by atoms with van der Waals surface area (Å²) in [5, 5.41) is 19.1. The van der Waals surface area contributed by atoms with Gasteiger partial charge in [-0.05, 0) is 31.9 Å². The van der Waals surface area contributed by atoms with Crippen molar-refractivity contribution in [2.45, 2.75) is 25.9 Å². The SMILES string of the molecule is Cc1c(O)cccc1C(=O)N1CCCC(O)C1. The Bertz CT molecular complexity index is 431. The number of carbonyl (C=O) groups is 1. The van der Waals surface area contributed by atoms with E-state index in [0.29, 0.717) is 24.2 Å². The molecule has 2 rings (SSSR count). The number of phenolic OH excluding ortho intramolecular Hbond substituents is 1. The molecular weight excluding hydrogens is 218 g/mol. The van der Waals surface area contributed by atoms with Gasteiger partial charge in [-0.25, -0.2) is 0 Å². The number of nitrogens with zero attached hydrogens (tertiary/aromatic N) is 1. The number of benzene rings is 1. The first-order chi connectivity index (χ1) is 8.09. The predicted octanol–water partition coefficient (Wildman–Crippen LogP) is 1.30. The number of carbonyl (C=O) groups excluding carboxylic acids is 1. The summed E-state index contributed by atoms with van der Waals surface area (Å²) in [5.74, 6) is 0.0190. The Morgan fingerprint density at radius 1 is 1.47 bits per heavy atom. The normalized spacial score (nSPS) is 20.4. The Morgan fingerprint density at radius 2 is 2.24 bits per heavy atom. The van der Waals surface area contributed by atoms with E-state index in [-0.39, 0.29) is 11.7 Å². The van der Waals surface area contributed by atoms with Gasteiger partial charge in [0.05, 0.1) is 6.10 Å². The first-order valence-electron chi connectivity index (χ1n) is 5.85. The fourth-order valence-electron chi connectivity index (χ4n) is 2.16. The lowest BCUT2D eigenvalue weighted by molar-refractivity contribution is 0.0473. The van der Waals surface area contributed by atoms with E-state index in [1.807, 2.05) is 0 Å². The lowest BCUT2D eigenvalue weighted by Gasteiger charge is -2.30. The van der Waals surface area contributed by atoms with Crippen LogP contribution < -0.4 is 0 Å². The van der Waals surface area contributed by atoms with Crippen LogP contribution in [0.25, 0.3) is 0 Å². The summed E-state index contributed by atoms with van der Waals surface area (Å²) in [6, 6.07) is 4.94. The zero-order valence-corrected chi connectivity index (χ0v) is 9.89. The minimum absolute atomic E-state index is 0.114. The average molecular weight is 235 g/mol. The number of hydrogen-bond acceptors (Lipinski definition) is 3. The van der Waals surface area contributed by atoms with E-state index in [1.54, 1.807) is 30.0 Å². The third kappa shape index (κ3) is 2.42. The average Bonchev–Trinajstić information content (AvgIpc) is 2.32. The van der Waals surface area contributed by atoms with E-state index >= 15 is 0 Å². The van der Waals surface area contributed by atoms with Crippen molar-refractivity contribution in [2.24, 2.45) is 0 Å². The first kappa shape index (κ1) is 11.9. The van der Waals surface area contributed by atoms with Gasteiger partial charge in [0.25, 0.3) is 5.91 Å². The van der Waals surface area contributed by atoms with Crippen LogP contribution in [0.3, 0.4) is 0 Å². The van der Waals surface area contributed by atoms with Crippen LogP contribution in [0.2, 0.25) is 0 Å². The van der Waals surface area contributed by atoms with Gasteiger partial charge in [0.1, 0.15) is 5.75 Å². The van der Waals surface area contributed by atoms with Gasteiger partial charge in [-0.2, -0.15) is 0 Å². The van der Waals surface area contributed by atoms with Gasteiger partial charge in [-0.3, -0.25) is 4.79 Å². The second kappa shape index (κ2) is 4.75. The molecule has 4 nitrogen and oxygen atoms in total. The fourth-order valence-corrected chi connectivity index (χ4v) is 2.16. The molecular formula is C13H17NO3. The van der Waals surface area contributed by atoms with Crippen LogP contribution in [0, 0.1) is 6.92 Å². The molecule has 0 spiro atoms. The summed E-state index contributed by atoms with van der Waals surface area (Å²) in [6.45, 7) is 2.78. The van der Waals surface area contributed by atoms with E-state index in [0.717, 1.165) is 12.8 Å². The summed E-state index contributed by atoms with van der Waals surface area (Å²) < 4.78 is 0. The molecule has 1 aromatic rings. The van der Waals surface area contributed by atoms with Crippen LogP contribution in [0.1, 0.15) is 28.8 Å². The van der Waals surface area contributed by atoms with Gasteiger partial charge in [-0.1, -0.05) is 6.07 Å². The van der Waals surface area contributed by atoms with Gasteiger partial charge in [-0.15, -0.1) is 0 Å². The molecule has 1 aromatic carbocycles. The third-order valence-electron chi connectivity index (χ3n) is 3.22. The maximum atomic E-state index is 12.2.